The number of ether oxygens (including phenoxy) is 2. The Morgan fingerprint density at radius 3 is 2.59 bits per heavy atom. The van der Waals surface area contributed by atoms with Crippen LogP contribution in [0.5, 0.6) is 0 Å². The second kappa shape index (κ2) is 10.7. The summed E-state index contributed by atoms with van der Waals surface area (Å²) in [5.41, 5.74) is 0.550. The molecule has 0 aromatic heterocycles. The summed E-state index contributed by atoms with van der Waals surface area (Å²) in [7, 11) is 0. The molecule has 1 N–H and O–H groups in total. The van der Waals surface area contributed by atoms with Gasteiger partial charge in [-0.15, -0.1) is 0 Å². The van der Waals surface area contributed by atoms with Crippen molar-refractivity contribution in [2.24, 2.45) is 0 Å². The second-order valence-corrected chi connectivity index (χ2v) is 9.26. The molecular weight excluding hydrogens is 406 g/mol. The first kappa shape index (κ1) is 23.1. The molecule has 1 aromatic carbocycles. The molecule has 2 saturated heterocycles. The van der Waals surface area contributed by atoms with Crippen molar-refractivity contribution in [3.8, 4) is 0 Å². The van der Waals surface area contributed by atoms with Gasteiger partial charge in [0.15, 0.2) is 0 Å². The average molecular weight is 444 g/mol. The molecule has 0 bridgehead atoms. The van der Waals surface area contributed by atoms with Crippen LogP contribution in [0.3, 0.4) is 0 Å². The maximum atomic E-state index is 13.3. The Morgan fingerprint density at radius 2 is 1.91 bits per heavy atom. The number of nitrogens with zero attached hydrogens (tertiary/aromatic N) is 2. The standard InChI is InChI=1S/C25H37N3O4/c1-2-31-17-6-14-26-24(30)27-15-12-25(13-16-27)19-22(11-18-32-25)28(21-9-10-21)23(29)20-7-4-3-5-8-20/h3-5,7-8,21-22H,2,6,9-19H2,1H3,(H,26,30). The predicted octanol–water partition coefficient (Wildman–Crippen LogP) is 3.44. The number of carbonyl (C=O) groups is 2. The topological polar surface area (TPSA) is 71.1 Å². The van der Waals surface area contributed by atoms with Gasteiger partial charge in [0.05, 0.1) is 5.60 Å². The fourth-order valence-corrected chi connectivity index (χ4v) is 5.04. The first-order chi connectivity index (χ1) is 15.6. The van der Waals surface area contributed by atoms with Crippen LogP contribution in [-0.4, -0.2) is 78.9 Å². The first-order valence-corrected chi connectivity index (χ1v) is 12.2. The highest BCUT2D eigenvalue weighted by molar-refractivity contribution is 5.94. The van der Waals surface area contributed by atoms with Crippen LogP contribution in [-0.2, 0) is 9.47 Å². The summed E-state index contributed by atoms with van der Waals surface area (Å²) in [6, 6.07) is 10.2. The van der Waals surface area contributed by atoms with E-state index in [1.807, 2.05) is 42.2 Å². The molecule has 2 aliphatic heterocycles. The molecule has 1 aromatic rings. The van der Waals surface area contributed by atoms with E-state index in [4.69, 9.17) is 9.47 Å². The summed E-state index contributed by atoms with van der Waals surface area (Å²) in [4.78, 5) is 29.9. The number of piperidine rings is 1. The van der Waals surface area contributed by atoms with E-state index in [1.165, 1.54) is 0 Å². The molecule has 176 valence electrons. The Morgan fingerprint density at radius 1 is 1.16 bits per heavy atom. The third kappa shape index (κ3) is 5.62. The molecule has 1 saturated carbocycles. The SMILES string of the molecule is CCOCCCNC(=O)N1CCC2(CC1)CC(N(C(=O)c1ccccc1)C1CC1)CCO2. The highest BCUT2D eigenvalue weighted by Gasteiger charge is 2.46. The van der Waals surface area contributed by atoms with Crippen molar-refractivity contribution in [2.45, 2.75) is 69.6 Å². The van der Waals surface area contributed by atoms with E-state index in [2.05, 4.69) is 10.2 Å². The van der Waals surface area contributed by atoms with Gasteiger partial charge in [-0.25, -0.2) is 4.79 Å². The number of urea groups is 1. The molecule has 7 nitrogen and oxygen atoms in total. The zero-order valence-electron chi connectivity index (χ0n) is 19.3. The number of hydrogen-bond donors (Lipinski definition) is 1. The molecule has 1 aliphatic carbocycles. The van der Waals surface area contributed by atoms with Crippen molar-refractivity contribution >= 4 is 11.9 Å². The normalized spacial score (nSPS) is 22.5. The lowest BCUT2D eigenvalue weighted by Crippen LogP contribution is -2.56. The largest absolute Gasteiger partial charge is 0.382 e. The van der Waals surface area contributed by atoms with Gasteiger partial charge in [-0.1, -0.05) is 18.2 Å². The molecule has 7 heteroatoms. The van der Waals surface area contributed by atoms with Crippen LogP contribution >= 0.6 is 0 Å². The Labute approximate surface area is 191 Å². The van der Waals surface area contributed by atoms with Crippen molar-refractivity contribution < 1.29 is 19.1 Å². The molecule has 1 unspecified atom stereocenters. The summed E-state index contributed by atoms with van der Waals surface area (Å²) in [6.45, 7) is 6.06. The van der Waals surface area contributed by atoms with Crippen molar-refractivity contribution in [2.75, 3.05) is 39.5 Å². The maximum absolute atomic E-state index is 13.3. The monoisotopic (exact) mass is 443 g/mol. The third-order valence-electron chi connectivity index (χ3n) is 6.96. The van der Waals surface area contributed by atoms with Gasteiger partial charge in [0, 0.05) is 57.1 Å². The van der Waals surface area contributed by atoms with Gasteiger partial charge >= 0.3 is 6.03 Å². The van der Waals surface area contributed by atoms with Crippen LogP contribution in [0.4, 0.5) is 4.79 Å². The molecule has 0 radical (unpaired) electrons. The molecule has 1 spiro atoms. The Kier molecular flexibility index (Phi) is 7.68. The van der Waals surface area contributed by atoms with E-state index in [0.717, 1.165) is 50.5 Å². The van der Waals surface area contributed by atoms with E-state index in [1.54, 1.807) is 0 Å². The van der Waals surface area contributed by atoms with Gasteiger partial charge in [-0.05, 0) is 64.0 Å². The highest BCUT2D eigenvalue weighted by Crippen LogP contribution is 2.40. The van der Waals surface area contributed by atoms with E-state index in [9.17, 15) is 9.59 Å². The van der Waals surface area contributed by atoms with Crippen LogP contribution in [0.2, 0.25) is 0 Å². The zero-order valence-corrected chi connectivity index (χ0v) is 19.3. The summed E-state index contributed by atoms with van der Waals surface area (Å²) in [5.74, 6) is 0.152. The zero-order chi connectivity index (χ0) is 22.4. The van der Waals surface area contributed by atoms with Crippen LogP contribution in [0.15, 0.2) is 30.3 Å². The van der Waals surface area contributed by atoms with Crippen molar-refractivity contribution in [3.05, 3.63) is 35.9 Å². The minimum Gasteiger partial charge on any atom is -0.382 e. The van der Waals surface area contributed by atoms with Crippen molar-refractivity contribution in [3.63, 3.8) is 0 Å². The number of benzene rings is 1. The predicted molar refractivity (Wildman–Crippen MR) is 123 cm³/mol. The van der Waals surface area contributed by atoms with Crippen molar-refractivity contribution in [1.29, 1.82) is 0 Å². The lowest BCUT2D eigenvalue weighted by atomic mass is 9.81. The number of hydrogen-bond acceptors (Lipinski definition) is 4. The smallest absolute Gasteiger partial charge is 0.317 e. The summed E-state index contributed by atoms with van der Waals surface area (Å²) < 4.78 is 11.6. The number of amides is 3. The lowest BCUT2D eigenvalue weighted by Gasteiger charge is -2.48. The van der Waals surface area contributed by atoms with Gasteiger partial charge in [-0.3, -0.25) is 4.79 Å². The van der Waals surface area contributed by atoms with E-state index >= 15 is 0 Å². The third-order valence-corrected chi connectivity index (χ3v) is 6.96. The van der Waals surface area contributed by atoms with Gasteiger partial charge in [0.25, 0.3) is 5.91 Å². The molecule has 3 aliphatic rings. The fraction of sp³-hybridized carbons (Fsp3) is 0.680. The molecule has 3 fully saturated rings. The van der Waals surface area contributed by atoms with Gasteiger partial charge in [0.2, 0.25) is 0 Å². The van der Waals surface area contributed by atoms with Gasteiger partial charge in [-0.2, -0.15) is 0 Å². The Hall–Kier alpha value is -2.12. The summed E-state index contributed by atoms with van der Waals surface area (Å²) in [5, 5.41) is 3.00. The minimum absolute atomic E-state index is 0.00238. The molecule has 32 heavy (non-hydrogen) atoms. The van der Waals surface area contributed by atoms with Crippen LogP contribution < -0.4 is 5.32 Å². The van der Waals surface area contributed by atoms with E-state index in [-0.39, 0.29) is 23.6 Å². The number of likely N-dealkylation sites (tertiary alicyclic amines) is 1. The second-order valence-electron chi connectivity index (χ2n) is 9.26. The molecule has 4 rings (SSSR count). The van der Waals surface area contributed by atoms with Crippen LogP contribution in [0.25, 0.3) is 0 Å². The Balaban J connectivity index is 1.32. The number of nitrogens with one attached hydrogen (secondary N) is 1. The molecular formula is C25H37N3O4. The first-order valence-electron chi connectivity index (χ1n) is 12.2. The maximum Gasteiger partial charge on any atom is 0.317 e. The average Bonchev–Trinajstić information content (AvgIpc) is 3.65. The number of carbonyl (C=O) groups excluding carboxylic acids is 2. The van der Waals surface area contributed by atoms with Crippen LogP contribution in [0, 0.1) is 0 Å². The molecule has 2 heterocycles. The summed E-state index contributed by atoms with van der Waals surface area (Å²) in [6.07, 6.45) is 6.43. The fourth-order valence-electron chi connectivity index (χ4n) is 5.04. The van der Waals surface area contributed by atoms with Crippen molar-refractivity contribution in [1.82, 2.24) is 15.1 Å². The van der Waals surface area contributed by atoms with E-state index < -0.39 is 0 Å². The Bertz CT molecular complexity index is 760. The van der Waals surface area contributed by atoms with Gasteiger partial charge < -0.3 is 24.6 Å². The minimum atomic E-state index is -0.223. The highest BCUT2D eigenvalue weighted by atomic mass is 16.5. The quantitative estimate of drug-likeness (QED) is 0.625. The lowest BCUT2D eigenvalue weighted by molar-refractivity contribution is -0.126. The van der Waals surface area contributed by atoms with E-state index in [0.29, 0.717) is 45.5 Å². The molecule has 1 atom stereocenters. The number of rotatable bonds is 8. The molecule has 3 amide bonds. The summed E-state index contributed by atoms with van der Waals surface area (Å²) >= 11 is 0. The van der Waals surface area contributed by atoms with Gasteiger partial charge in [0.1, 0.15) is 0 Å². The van der Waals surface area contributed by atoms with Crippen LogP contribution in [0.1, 0.15) is 62.2 Å².